The normalized spacial score (nSPS) is 12.1. The fourth-order valence-corrected chi connectivity index (χ4v) is 1.62. The first-order valence-corrected chi connectivity index (χ1v) is 5.91. The first kappa shape index (κ1) is 19.4. The Kier molecular flexibility index (Phi) is 7.38. The average molecular weight is 326 g/mol. The molecule has 0 fully saturated rings. The molecule has 2 N–H and O–H groups in total. The largest absolute Gasteiger partial charge is 0.497 e. The van der Waals surface area contributed by atoms with Crippen molar-refractivity contribution in [3.63, 3.8) is 0 Å². The smallest absolute Gasteiger partial charge is 0.379 e. The van der Waals surface area contributed by atoms with Gasteiger partial charge in [0.15, 0.2) is 0 Å². The third-order valence-corrected chi connectivity index (χ3v) is 2.71. The summed E-state index contributed by atoms with van der Waals surface area (Å²) in [6, 6.07) is 2.33. The average Bonchev–Trinajstić information content (AvgIpc) is 2.45. The Morgan fingerprint density at radius 1 is 1.33 bits per heavy atom. The number of alkyl halides is 2. The van der Waals surface area contributed by atoms with Crippen LogP contribution in [0.25, 0.3) is 0 Å². The van der Waals surface area contributed by atoms with E-state index in [2.05, 4.69) is 4.74 Å². The summed E-state index contributed by atoms with van der Waals surface area (Å²) in [7, 11) is 2.75. The highest BCUT2D eigenvalue weighted by Crippen LogP contribution is 2.37. The van der Waals surface area contributed by atoms with E-state index in [9.17, 15) is 13.6 Å². The van der Waals surface area contributed by atoms with Crippen LogP contribution in [0.15, 0.2) is 18.2 Å². The van der Waals surface area contributed by atoms with Crippen LogP contribution in [0.2, 0.25) is 0 Å². The van der Waals surface area contributed by atoms with Crippen LogP contribution in [-0.4, -0.2) is 32.7 Å². The van der Waals surface area contributed by atoms with Gasteiger partial charge in [0.1, 0.15) is 17.5 Å². The first-order chi connectivity index (χ1) is 9.38. The highest BCUT2D eigenvalue weighted by molar-refractivity contribution is 5.85. The third kappa shape index (κ3) is 4.18. The van der Waals surface area contributed by atoms with E-state index in [1.54, 1.807) is 0 Å². The predicted molar refractivity (Wildman–Crippen MR) is 75.3 cm³/mol. The van der Waals surface area contributed by atoms with E-state index in [4.69, 9.17) is 15.2 Å². The number of halogens is 3. The van der Waals surface area contributed by atoms with Gasteiger partial charge in [-0.2, -0.15) is 8.78 Å². The van der Waals surface area contributed by atoms with Crippen molar-refractivity contribution in [1.82, 2.24) is 0 Å². The molecule has 0 saturated heterocycles. The Balaban J connectivity index is 0.00000400. The number of hydrogen-bond donors (Lipinski definition) is 1. The van der Waals surface area contributed by atoms with Gasteiger partial charge in [-0.05, 0) is 19.1 Å². The Bertz CT molecular complexity index is 485. The molecular formula is C13H18ClF2NO4. The van der Waals surface area contributed by atoms with Crippen molar-refractivity contribution in [2.45, 2.75) is 18.9 Å². The number of benzene rings is 1. The van der Waals surface area contributed by atoms with E-state index >= 15 is 0 Å². The van der Waals surface area contributed by atoms with Crippen LogP contribution < -0.4 is 15.2 Å². The molecule has 0 aliphatic carbocycles. The summed E-state index contributed by atoms with van der Waals surface area (Å²) in [6.45, 7) is 1.29. The maximum absolute atomic E-state index is 13.9. The number of methoxy groups -OCH3 is 2. The Hall–Kier alpha value is -1.60. The lowest BCUT2D eigenvalue weighted by molar-refractivity contribution is -0.174. The predicted octanol–water partition coefficient (Wildman–Crippen LogP) is 2.32. The zero-order valence-electron chi connectivity index (χ0n) is 11.9. The van der Waals surface area contributed by atoms with Crippen molar-refractivity contribution in [1.29, 1.82) is 0 Å². The van der Waals surface area contributed by atoms with E-state index < -0.39 is 17.9 Å². The number of rotatable bonds is 6. The quantitative estimate of drug-likeness (QED) is 0.813. The van der Waals surface area contributed by atoms with Gasteiger partial charge >= 0.3 is 11.9 Å². The summed E-state index contributed by atoms with van der Waals surface area (Å²) in [4.78, 5) is 11.3. The maximum Gasteiger partial charge on any atom is 0.379 e. The molecule has 0 unspecified atom stereocenters. The van der Waals surface area contributed by atoms with E-state index in [1.807, 2.05) is 0 Å². The van der Waals surface area contributed by atoms with Crippen LogP contribution in [0.1, 0.15) is 18.5 Å². The van der Waals surface area contributed by atoms with Gasteiger partial charge < -0.3 is 19.9 Å². The number of esters is 1. The molecule has 0 aliphatic rings. The molecule has 0 heterocycles. The second-order valence-electron chi connectivity index (χ2n) is 3.93. The van der Waals surface area contributed by atoms with Gasteiger partial charge in [-0.15, -0.1) is 12.4 Å². The molecule has 0 aromatic heterocycles. The van der Waals surface area contributed by atoms with E-state index in [0.29, 0.717) is 5.75 Å². The molecule has 0 bridgehead atoms. The van der Waals surface area contributed by atoms with Gasteiger partial charge in [-0.3, -0.25) is 0 Å². The molecule has 1 aromatic carbocycles. The molecule has 0 saturated carbocycles. The second kappa shape index (κ2) is 7.99. The molecule has 120 valence electrons. The monoisotopic (exact) mass is 325 g/mol. The first-order valence-electron chi connectivity index (χ1n) is 5.91. The molecule has 21 heavy (non-hydrogen) atoms. The van der Waals surface area contributed by atoms with E-state index in [0.717, 1.165) is 0 Å². The molecule has 0 amide bonds. The fourth-order valence-electron chi connectivity index (χ4n) is 1.62. The minimum Gasteiger partial charge on any atom is -0.497 e. The van der Waals surface area contributed by atoms with Crippen molar-refractivity contribution in [3.8, 4) is 11.5 Å². The number of nitrogens with two attached hydrogens (primary N) is 1. The zero-order valence-corrected chi connectivity index (χ0v) is 12.7. The summed E-state index contributed by atoms with van der Waals surface area (Å²) < 4.78 is 42.1. The fraction of sp³-hybridized carbons (Fsp3) is 0.462. The summed E-state index contributed by atoms with van der Waals surface area (Å²) in [6.07, 6.45) is 0. The summed E-state index contributed by atoms with van der Waals surface area (Å²) in [5.74, 6) is -4.97. The highest BCUT2D eigenvalue weighted by Gasteiger charge is 2.48. The molecule has 0 aliphatic heterocycles. The molecule has 8 heteroatoms. The lowest BCUT2D eigenvalue weighted by Gasteiger charge is -2.23. The number of carbonyl (C=O) groups is 1. The summed E-state index contributed by atoms with van der Waals surface area (Å²) >= 11 is 0. The van der Waals surface area contributed by atoms with Gasteiger partial charge in [-0.25, -0.2) is 4.79 Å². The minimum absolute atomic E-state index is 0. The van der Waals surface area contributed by atoms with Crippen LogP contribution >= 0.6 is 12.4 Å². The molecule has 1 rings (SSSR count). The van der Waals surface area contributed by atoms with Crippen molar-refractivity contribution < 1.29 is 27.8 Å². The lowest BCUT2D eigenvalue weighted by atomic mass is 10.00. The number of carbonyl (C=O) groups excluding carboxylic acids is 1. The zero-order chi connectivity index (χ0) is 15.3. The number of hydrogen-bond acceptors (Lipinski definition) is 5. The van der Waals surface area contributed by atoms with Crippen molar-refractivity contribution >= 4 is 18.4 Å². The van der Waals surface area contributed by atoms with Gasteiger partial charge in [0.25, 0.3) is 0 Å². The SMILES string of the molecule is CCOC(=O)C(F)(F)[C@H](N)c1ccc(OC)cc1OC.Cl. The third-order valence-electron chi connectivity index (χ3n) is 2.71. The van der Waals surface area contributed by atoms with Crippen LogP contribution in [0.5, 0.6) is 11.5 Å². The van der Waals surface area contributed by atoms with Gasteiger partial charge in [0, 0.05) is 11.6 Å². The number of ether oxygens (including phenoxy) is 3. The Morgan fingerprint density at radius 3 is 2.43 bits per heavy atom. The molecule has 1 aromatic rings. The molecule has 0 spiro atoms. The molecular weight excluding hydrogens is 308 g/mol. The lowest BCUT2D eigenvalue weighted by Crippen LogP contribution is -2.41. The molecule has 5 nitrogen and oxygen atoms in total. The maximum atomic E-state index is 13.9. The summed E-state index contributed by atoms with van der Waals surface area (Å²) in [5, 5.41) is 0. The van der Waals surface area contributed by atoms with Gasteiger partial charge in [-0.1, -0.05) is 0 Å². The van der Waals surface area contributed by atoms with Gasteiger partial charge in [0.2, 0.25) is 0 Å². The summed E-state index contributed by atoms with van der Waals surface area (Å²) in [5.41, 5.74) is 5.49. The standard InChI is InChI=1S/C13H17F2NO4.ClH/c1-4-20-12(17)13(14,15)11(16)9-6-5-8(18-2)7-10(9)19-3;/h5-7,11H,4,16H2,1-3H3;1H/t11-;/m1./s1. The van der Waals surface area contributed by atoms with E-state index in [1.165, 1.54) is 39.3 Å². The molecule has 1 atom stereocenters. The second-order valence-corrected chi connectivity index (χ2v) is 3.93. The molecule has 0 radical (unpaired) electrons. The van der Waals surface area contributed by atoms with Crippen LogP contribution in [-0.2, 0) is 9.53 Å². The van der Waals surface area contributed by atoms with Gasteiger partial charge in [0.05, 0.1) is 20.8 Å². The Labute approximate surface area is 127 Å². The highest BCUT2D eigenvalue weighted by atomic mass is 35.5. The minimum atomic E-state index is -3.85. The van der Waals surface area contributed by atoms with E-state index in [-0.39, 0.29) is 30.3 Å². The van der Waals surface area contributed by atoms with Crippen LogP contribution in [0.3, 0.4) is 0 Å². The van der Waals surface area contributed by atoms with Crippen molar-refractivity contribution in [3.05, 3.63) is 23.8 Å². The van der Waals surface area contributed by atoms with Crippen LogP contribution in [0.4, 0.5) is 8.78 Å². The van der Waals surface area contributed by atoms with Crippen molar-refractivity contribution in [2.75, 3.05) is 20.8 Å². The topological polar surface area (TPSA) is 70.8 Å². The Morgan fingerprint density at radius 2 is 1.95 bits per heavy atom. The van der Waals surface area contributed by atoms with Crippen molar-refractivity contribution in [2.24, 2.45) is 5.73 Å². The van der Waals surface area contributed by atoms with Crippen LogP contribution in [0, 0.1) is 0 Å².